The summed E-state index contributed by atoms with van der Waals surface area (Å²) in [4.78, 5) is 5.82. The van der Waals surface area contributed by atoms with E-state index in [0.717, 1.165) is 48.1 Å². The van der Waals surface area contributed by atoms with Crippen LogP contribution in [0.4, 0.5) is 13.2 Å². The van der Waals surface area contributed by atoms with E-state index in [0.29, 0.717) is 11.8 Å². The number of piperidine rings is 1. The Kier molecular flexibility index (Phi) is 4.05. The molecular formula is C23H23F3N2. The molecule has 5 rings (SSSR count). The van der Waals surface area contributed by atoms with Crippen LogP contribution in [0.15, 0.2) is 48.5 Å². The van der Waals surface area contributed by atoms with Crippen molar-refractivity contribution >= 4 is 10.9 Å². The molecule has 2 nitrogen and oxygen atoms in total. The summed E-state index contributed by atoms with van der Waals surface area (Å²) in [5.41, 5.74) is 3.63. The minimum atomic E-state index is -4.33. The van der Waals surface area contributed by atoms with Crippen LogP contribution < -0.4 is 0 Å². The predicted octanol–water partition coefficient (Wildman–Crippen LogP) is 5.44. The van der Waals surface area contributed by atoms with Gasteiger partial charge in [-0.2, -0.15) is 13.2 Å². The van der Waals surface area contributed by atoms with Gasteiger partial charge in [-0.1, -0.05) is 30.3 Å². The van der Waals surface area contributed by atoms with Crippen LogP contribution in [0.5, 0.6) is 0 Å². The SMILES string of the molecule is CN1CCC2Cc3[nH]c4ccc(C(F)(F)F)cc4c3C(c3ccccc3)C2C1. The molecule has 1 aliphatic carbocycles. The van der Waals surface area contributed by atoms with E-state index in [1.807, 2.05) is 18.2 Å². The van der Waals surface area contributed by atoms with E-state index < -0.39 is 11.7 Å². The van der Waals surface area contributed by atoms with Crippen molar-refractivity contribution in [2.45, 2.75) is 24.9 Å². The largest absolute Gasteiger partial charge is 0.416 e. The highest BCUT2D eigenvalue weighted by molar-refractivity contribution is 5.87. The lowest BCUT2D eigenvalue weighted by Crippen LogP contribution is -2.44. The number of rotatable bonds is 1. The van der Waals surface area contributed by atoms with Crippen molar-refractivity contribution in [1.82, 2.24) is 9.88 Å². The Hall–Kier alpha value is -2.27. The average molecular weight is 384 g/mol. The van der Waals surface area contributed by atoms with E-state index in [4.69, 9.17) is 0 Å². The molecule has 1 saturated heterocycles. The lowest BCUT2D eigenvalue weighted by Gasteiger charge is -2.44. The molecule has 2 aromatic carbocycles. The van der Waals surface area contributed by atoms with Gasteiger partial charge in [0.25, 0.3) is 0 Å². The Morgan fingerprint density at radius 3 is 2.61 bits per heavy atom. The first kappa shape index (κ1) is 17.8. The number of aromatic amines is 1. The van der Waals surface area contributed by atoms with E-state index in [9.17, 15) is 13.2 Å². The quantitative estimate of drug-likeness (QED) is 0.592. The van der Waals surface area contributed by atoms with Crippen LogP contribution in [0.2, 0.25) is 0 Å². The number of aromatic nitrogens is 1. The topological polar surface area (TPSA) is 19.0 Å². The zero-order chi connectivity index (χ0) is 19.5. The molecule has 0 spiro atoms. The van der Waals surface area contributed by atoms with Crippen LogP contribution in [-0.4, -0.2) is 30.0 Å². The molecule has 0 saturated carbocycles. The predicted molar refractivity (Wildman–Crippen MR) is 104 cm³/mol. The average Bonchev–Trinajstić information content (AvgIpc) is 3.03. The molecule has 3 atom stereocenters. The molecular weight excluding hydrogens is 361 g/mol. The van der Waals surface area contributed by atoms with Gasteiger partial charge in [0.2, 0.25) is 0 Å². The third-order valence-electron chi connectivity index (χ3n) is 6.62. The summed E-state index contributed by atoms with van der Waals surface area (Å²) in [6.07, 6.45) is -2.27. The van der Waals surface area contributed by atoms with Gasteiger partial charge in [-0.3, -0.25) is 0 Å². The second-order valence-electron chi connectivity index (χ2n) is 8.34. The molecule has 1 aliphatic heterocycles. The highest BCUT2D eigenvalue weighted by atomic mass is 19.4. The van der Waals surface area contributed by atoms with Gasteiger partial charge < -0.3 is 9.88 Å². The Bertz CT molecular complexity index is 1010. The summed E-state index contributed by atoms with van der Waals surface area (Å²) < 4.78 is 40.1. The van der Waals surface area contributed by atoms with Gasteiger partial charge in [0.05, 0.1) is 5.56 Å². The summed E-state index contributed by atoms with van der Waals surface area (Å²) in [6, 6.07) is 14.4. The molecule has 3 unspecified atom stereocenters. The molecule has 1 aromatic heterocycles. The number of fused-ring (bicyclic) bond motifs is 4. The maximum absolute atomic E-state index is 13.4. The van der Waals surface area contributed by atoms with Crippen molar-refractivity contribution < 1.29 is 13.2 Å². The Labute approximate surface area is 162 Å². The Morgan fingerprint density at radius 2 is 1.86 bits per heavy atom. The molecule has 1 N–H and O–H groups in total. The molecule has 3 aromatic rings. The van der Waals surface area contributed by atoms with Crippen LogP contribution in [0, 0.1) is 11.8 Å². The smallest absolute Gasteiger partial charge is 0.358 e. The first-order valence-electron chi connectivity index (χ1n) is 9.87. The molecule has 28 heavy (non-hydrogen) atoms. The zero-order valence-corrected chi connectivity index (χ0v) is 15.8. The highest BCUT2D eigenvalue weighted by Gasteiger charge is 2.42. The van der Waals surface area contributed by atoms with E-state index >= 15 is 0 Å². The van der Waals surface area contributed by atoms with Crippen molar-refractivity contribution in [3.63, 3.8) is 0 Å². The third kappa shape index (κ3) is 2.84. The van der Waals surface area contributed by atoms with Crippen molar-refractivity contribution in [2.75, 3.05) is 20.1 Å². The first-order chi connectivity index (χ1) is 13.4. The van der Waals surface area contributed by atoms with Gasteiger partial charge in [0.15, 0.2) is 0 Å². The fourth-order valence-corrected chi connectivity index (χ4v) is 5.34. The fourth-order valence-electron chi connectivity index (χ4n) is 5.34. The molecule has 2 aliphatic rings. The number of hydrogen-bond acceptors (Lipinski definition) is 1. The number of alkyl halides is 3. The lowest BCUT2D eigenvalue weighted by molar-refractivity contribution is -0.137. The second kappa shape index (κ2) is 6.38. The minimum Gasteiger partial charge on any atom is -0.358 e. The molecule has 0 radical (unpaired) electrons. The van der Waals surface area contributed by atoms with Crippen LogP contribution in [0.25, 0.3) is 10.9 Å². The Morgan fingerprint density at radius 1 is 1.07 bits per heavy atom. The van der Waals surface area contributed by atoms with Crippen molar-refractivity contribution in [3.05, 3.63) is 70.9 Å². The van der Waals surface area contributed by atoms with Gasteiger partial charge in [0, 0.05) is 29.1 Å². The van der Waals surface area contributed by atoms with E-state index in [1.165, 1.54) is 17.7 Å². The lowest BCUT2D eigenvalue weighted by atomic mass is 9.65. The third-order valence-corrected chi connectivity index (χ3v) is 6.62. The molecule has 1 fully saturated rings. The van der Waals surface area contributed by atoms with Crippen LogP contribution >= 0.6 is 0 Å². The fraction of sp³-hybridized carbons (Fsp3) is 0.391. The number of hydrogen-bond donors (Lipinski definition) is 1. The van der Waals surface area contributed by atoms with Gasteiger partial charge in [0.1, 0.15) is 0 Å². The standard InChI is InChI=1S/C23H23F3N2/c1-28-10-9-15-11-20-22(21(18(15)13-28)14-5-3-2-4-6-14)17-12-16(23(24,25)26)7-8-19(17)27-20/h2-8,12,15,18,21,27H,9-11,13H2,1H3. The highest BCUT2D eigenvalue weighted by Crippen LogP contribution is 2.49. The summed E-state index contributed by atoms with van der Waals surface area (Å²) >= 11 is 0. The maximum Gasteiger partial charge on any atom is 0.416 e. The minimum absolute atomic E-state index is 0.120. The summed E-state index contributed by atoms with van der Waals surface area (Å²) in [5, 5.41) is 0.727. The summed E-state index contributed by atoms with van der Waals surface area (Å²) in [7, 11) is 2.14. The number of likely N-dealkylation sites (tertiary alicyclic amines) is 1. The zero-order valence-electron chi connectivity index (χ0n) is 15.8. The van der Waals surface area contributed by atoms with Crippen LogP contribution in [0.1, 0.15) is 34.7 Å². The number of benzene rings is 2. The second-order valence-corrected chi connectivity index (χ2v) is 8.34. The number of halogens is 3. The van der Waals surface area contributed by atoms with Crippen LogP contribution in [0.3, 0.4) is 0 Å². The first-order valence-corrected chi connectivity index (χ1v) is 9.87. The molecule has 2 heterocycles. The maximum atomic E-state index is 13.4. The van der Waals surface area contributed by atoms with E-state index in [2.05, 4.69) is 29.1 Å². The van der Waals surface area contributed by atoms with Crippen LogP contribution in [-0.2, 0) is 12.6 Å². The summed E-state index contributed by atoms with van der Waals surface area (Å²) in [5.74, 6) is 1.10. The van der Waals surface area contributed by atoms with Gasteiger partial charge in [-0.15, -0.1) is 0 Å². The molecule has 5 heteroatoms. The van der Waals surface area contributed by atoms with Gasteiger partial charge in [-0.05, 0) is 67.6 Å². The van der Waals surface area contributed by atoms with Crippen molar-refractivity contribution in [2.24, 2.45) is 11.8 Å². The van der Waals surface area contributed by atoms with Crippen molar-refractivity contribution in [3.8, 4) is 0 Å². The molecule has 0 bridgehead atoms. The number of nitrogens with one attached hydrogen (secondary N) is 1. The summed E-state index contributed by atoms with van der Waals surface area (Å²) in [6.45, 7) is 2.06. The number of H-pyrrole nitrogens is 1. The molecule has 146 valence electrons. The Balaban J connectivity index is 1.73. The van der Waals surface area contributed by atoms with Gasteiger partial charge in [-0.25, -0.2) is 0 Å². The molecule has 0 amide bonds. The normalized spacial score (nSPS) is 25.5. The van der Waals surface area contributed by atoms with Crippen molar-refractivity contribution in [1.29, 1.82) is 0 Å². The van der Waals surface area contributed by atoms with Gasteiger partial charge >= 0.3 is 6.18 Å². The van der Waals surface area contributed by atoms with E-state index in [-0.39, 0.29) is 5.92 Å². The van der Waals surface area contributed by atoms with E-state index in [1.54, 1.807) is 6.07 Å². The monoisotopic (exact) mass is 384 g/mol. The number of nitrogens with zero attached hydrogens (tertiary/aromatic N) is 1.